The van der Waals surface area contributed by atoms with Crippen molar-refractivity contribution in [3.8, 4) is 0 Å². The van der Waals surface area contributed by atoms with Crippen molar-refractivity contribution in [3.05, 3.63) is 0 Å². The lowest BCUT2D eigenvalue weighted by Gasteiger charge is -2.40. The lowest BCUT2D eigenvalue weighted by Crippen LogP contribution is -2.50. The van der Waals surface area contributed by atoms with E-state index in [4.69, 9.17) is 5.73 Å². The summed E-state index contributed by atoms with van der Waals surface area (Å²) < 4.78 is 0. The Kier molecular flexibility index (Phi) is 4.58. The molecule has 1 aliphatic carbocycles. The fourth-order valence-corrected chi connectivity index (χ4v) is 3.19. The van der Waals surface area contributed by atoms with Crippen LogP contribution in [0.2, 0.25) is 0 Å². The van der Waals surface area contributed by atoms with E-state index in [1.54, 1.807) is 4.90 Å². The van der Waals surface area contributed by atoms with Crippen LogP contribution in [0.3, 0.4) is 0 Å². The first-order valence-electron chi connectivity index (χ1n) is 6.99. The van der Waals surface area contributed by atoms with E-state index in [0.29, 0.717) is 19.0 Å². The number of hydrogen-bond acceptors (Lipinski definition) is 3. The Morgan fingerprint density at radius 1 is 1.17 bits per heavy atom. The minimum Gasteiger partial charge on any atom is -0.347 e. The zero-order valence-corrected chi connectivity index (χ0v) is 10.9. The van der Waals surface area contributed by atoms with Gasteiger partial charge in [0.05, 0.1) is 0 Å². The molecule has 2 fully saturated rings. The van der Waals surface area contributed by atoms with E-state index in [-0.39, 0.29) is 5.91 Å². The predicted molar refractivity (Wildman–Crippen MR) is 68.7 cm³/mol. The summed E-state index contributed by atoms with van der Waals surface area (Å²) in [6.07, 6.45) is 6.15. The largest absolute Gasteiger partial charge is 0.347 e. The minimum absolute atomic E-state index is 0.365. The second kappa shape index (κ2) is 6.18. The van der Waals surface area contributed by atoms with Crippen LogP contribution in [-0.4, -0.2) is 42.9 Å². The molecule has 0 aromatic rings. The quantitative estimate of drug-likeness (QED) is 0.685. The molecule has 2 atom stereocenters. The Balaban J connectivity index is 1.86. The number of carbonyl (C=O) groups is 2. The molecule has 3 N–H and O–H groups in total. The number of nitrogens with one attached hydrogen (secondary N) is 1. The van der Waals surface area contributed by atoms with Gasteiger partial charge in [0.2, 0.25) is 0 Å². The highest BCUT2D eigenvalue weighted by molar-refractivity contribution is 6.35. The number of likely N-dealkylation sites (tertiary alicyclic amines) is 1. The number of piperidine rings is 1. The Bertz CT molecular complexity index is 319. The molecule has 2 amide bonds. The lowest BCUT2D eigenvalue weighted by molar-refractivity contribution is -0.147. The van der Waals surface area contributed by atoms with E-state index >= 15 is 0 Å². The normalized spacial score (nSPS) is 27.5. The first-order valence-corrected chi connectivity index (χ1v) is 6.99. The van der Waals surface area contributed by atoms with Crippen LogP contribution in [0.25, 0.3) is 0 Å². The van der Waals surface area contributed by atoms with Gasteiger partial charge in [-0.05, 0) is 24.7 Å². The Morgan fingerprint density at radius 2 is 1.89 bits per heavy atom. The third-order valence-electron chi connectivity index (χ3n) is 4.20. The van der Waals surface area contributed by atoms with Gasteiger partial charge in [-0.1, -0.05) is 19.3 Å². The summed E-state index contributed by atoms with van der Waals surface area (Å²) in [6.45, 7) is 2.23. The average molecular weight is 253 g/mol. The number of carbonyl (C=O) groups excluding carboxylic acids is 2. The number of nitrogens with two attached hydrogens (primary N) is 1. The van der Waals surface area contributed by atoms with E-state index < -0.39 is 5.91 Å². The minimum atomic E-state index is -0.505. The van der Waals surface area contributed by atoms with Crippen LogP contribution >= 0.6 is 0 Å². The third kappa shape index (κ3) is 3.02. The third-order valence-corrected chi connectivity index (χ3v) is 4.20. The monoisotopic (exact) mass is 253 g/mol. The molecule has 1 saturated heterocycles. The summed E-state index contributed by atoms with van der Waals surface area (Å²) in [5.74, 6) is 0.496. The van der Waals surface area contributed by atoms with Gasteiger partial charge in [-0.2, -0.15) is 0 Å². The van der Waals surface area contributed by atoms with Crippen molar-refractivity contribution in [1.29, 1.82) is 0 Å². The van der Waals surface area contributed by atoms with Crippen molar-refractivity contribution >= 4 is 11.8 Å². The molecule has 1 heterocycles. The summed E-state index contributed by atoms with van der Waals surface area (Å²) in [4.78, 5) is 25.3. The van der Waals surface area contributed by atoms with Gasteiger partial charge in [-0.3, -0.25) is 9.59 Å². The van der Waals surface area contributed by atoms with Crippen molar-refractivity contribution in [2.24, 2.45) is 17.6 Å². The maximum Gasteiger partial charge on any atom is 0.311 e. The Morgan fingerprint density at radius 3 is 2.61 bits per heavy atom. The van der Waals surface area contributed by atoms with Crippen molar-refractivity contribution in [1.82, 2.24) is 10.2 Å². The first kappa shape index (κ1) is 13.3. The van der Waals surface area contributed by atoms with Crippen LogP contribution in [0, 0.1) is 11.8 Å². The average Bonchev–Trinajstić information content (AvgIpc) is 2.43. The van der Waals surface area contributed by atoms with Crippen LogP contribution in [0.15, 0.2) is 0 Å². The standard InChI is InChI=1S/C13H23N3O2/c14-6-7-15-12(17)13(18)16-8-5-10-3-1-2-4-11(10)9-16/h10-11H,1-9,14H2,(H,15,17). The van der Waals surface area contributed by atoms with Gasteiger partial charge in [-0.25, -0.2) is 0 Å². The number of fused-ring (bicyclic) bond motifs is 1. The predicted octanol–water partition coefficient (Wildman–Crippen LogP) is 0.1000. The zero-order valence-electron chi connectivity index (χ0n) is 10.9. The lowest BCUT2D eigenvalue weighted by atomic mass is 9.75. The smallest absolute Gasteiger partial charge is 0.311 e. The maximum atomic E-state index is 12.0. The molecule has 0 spiro atoms. The molecule has 0 aromatic heterocycles. The van der Waals surface area contributed by atoms with E-state index in [1.165, 1.54) is 25.7 Å². The van der Waals surface area contributed by atoms with Gasteiger partial charge in [0, 0.05) is 26.2 Å². The first-order chi connectivity index (χ1) is 8.72. The van der Waals surface area contributed by atoms with Crippen molar-refractivity contribution < 1.29 is 9.59 Å². The van der Waals surface area contributed by atoms with Crippen molar-refractivity contribution in [3.63, 3.8) is 0 Å². The van der Waals surface area contributed by atoms with Gasteiger partial charge in [0.1, 0.15) is 0 Å². The molecular weight excluding hydrogens is 230 g/mol. The van der Waals surface area contributed by atoms with E-state index in [9.17, 15) is 9.59 Å². The van der Waals surface area contributed by atoms with Crippen LogP contribution in [-0.2, 0) is 9.59 Å². The molecule has 0 bridgehead atoms. The van der Waals surface area contributed by atoms with Crippen LogP contribution in [0.4, 0.5) is 0 Å². The van der Waals surface area contributed by atoms with Gasteiger partial charge in [0.25, 0.3) is 0 Å². The van der Waals surface area contributed by atoms with Crippen LogP contribution in [0.5, 0.6) is 0 Å². The molecule has 2 unspecified atom stereocenters. The SMILES string of the molecule is NCCNC(=O)C(=O)N1CCC2CCCCC2C1. The summed E-state index contributed by atoms with van der Waals surface area (Å²) >= 11 is 0. The second-order valence-electron chi connectivity index (χ2n) is 5.39. The molecule has 0 radical (unpaired) electrons. The van der Waals surface area contributed by atoms with E-state index in [0.717, 1.165) is 25.4 Å². The second-order valence-corrected chi connectivity index (χ2v) is 5.39. The van der Waals surface area contributed by atoms with Crippen molar-refractivity contribution in [2.45, 2.75) is 32.1 Å². The highest BCUT2D eigenvalue weighted by Crippen LogP contribution is 2.35. The number of nitrogens with zero attached hydrogens (tertiary/aromatic N) is 1. The van der Waals surface area contributed by atoms with Crippen LogP contribution in [0.1, 0.15) is 32.1 Å². The molecule has 0 aromatic carbocycles. The summed E-state index contributed by atoms with van der Waals surface area (Å²) in [5.41, 5.74) is 5.30. The fraction of sp³-hybridized carbons (Fsp3) is 0.846. The molecule has 18 heavy (non-hydrogen) atoms. The Labute approximate surface area is 108 Å². The highest BCUT2D eigenvalue weighted by atomic mass is 16.2. The van der Waals surface area contributed by atoms with Gasteiger partial charge < -0.3 is 16.0 Å². The Hall–Kier alpha value is -1.10. The van der Waals surface area contributed by atoms with Crippen LogP contribution < -0.4 is 11.1 Å². The molecule has 5 heteroatoms. The van der Waals surface area contributed by atoms with Gasteiger partial charge in [-0.15, -0.1) is 0 Å². The molecule has 1 aliphatic heterocycles. The molecule has 2 rings (SSSR count). The summed E-state index contributed by atoms with van der Waals surface area (Å²) in [6, 6.07) is 0. The number of amides is 2. The number of hydrogen-bond donors (Lipinski definition) is 2. The van der Waals surface area contributed by atoms with E-state index in [2.05, 4.69) is 5.32 Å². The molecule has 1 saturated carbocycles. The van der Waals surface area contributed by atoms with Crippen molar-refractivity contribution in [2.75, 3.05) is 26.2 Å². The van der Waals surface area contributed by atoms with Gasteiger partial charge in [0.15, 0.2) is 0 Å². The highest BCUT2D eigenvalue weighted by Gasteiger charge is 2.34. The molecule has 2 aliphatic rings. The zero-order chi connectivity index (χ0) is 13.0. The molecule has 102 valence electrons. The molecule has 5 nitrogen and oxygen atoms in total. The topological polar surface area (TPSA) is 75.4 Å². The summed E-state index contributed by atoms with van der Waals surface area (Å²) in [5, 5.41) is 2.55. The van der Waals surface area contributed by atoms with Gasteiger partial charge >= 0.3 is 11.8 Å². The van der Waals surface area contributed by atoms with E-state index in [1.807, 2.05) is 0 Å². The number of rotatable bonds is 2. The fourth-order valence-electron chi connectivity index (χ4n) is 3.19. The molecular formula is C13H23N3O2. The maximum absolute atomic E-state index is 12.0. The summed E-state index contributed by atoms with van der Waals surface area (Å²) in [7, 11) is 0.